The molecule has 176 valence electrons. The van der Waals surface area contributed by atoms with E-state index >= 15 is 0 Å². The van der Waals surface area contributed by atoms with Crippen LogP contribution in [-0.2, 0) is 20.6 Å². The topological polar surface area (TPSA) is 95.6 Å². The van der Waals surface area contributed by atoms with E-state index in [0.717, 1.165) is 12.1 Å². The number of amides is 2. The molecule has 1 aliphatic rings. The Bertz CT molecular complexity index is 1130. The maximum Gasteiger partial charge on any atom is 0.256 e. The minimum atomic E-state index is -3.47. The van der Waals surface area contributed by atoms with E-state index in [9.17, 15) is 26.8 Å². The highest BCUT2D eigenvalue weighted by Gasteiger charge is 2.29. The summed E-state index contributed by atoms with van der Waals surface area (Å²) in [6.07, 6.45) is 2.27. The van der Waals surface area contributed by atoms with Crippen LogP contribution in [0.3, 0.4) is 0 Å². The van der Waals surface area contributed by atoms with Gasteiger partial charge in [0, 0.05) is 37.3 Å². The van der Waals surface area contributed by atoms with Crippen molar-refractivity contribution >= 4 is 27.5 Å². The first kappa shape index (κ1) is 24.5. The molecule has 1 heterocycles. The van der Waals surface area contributed by atoms with Crippen molar-refractivity contribution in [2.45, 2.75) is 18.6 Å². The first-order chi connectivity index (χ1) is 15.7. The number of benzene rings is 2. The summed E-state index contributed by atoms with van der Waals surface area (Å²) in [6.45, 7) is 4.18. The molecule has 33 heavy (non-hydrogen) atoms. The lowest BCUT2D eigenvalue weighted by Gasteiger charge is -2.31. The highest BCUT2D eigenvalue weighted by Crippen LogP contribution is 2.22. The molecule has 0 unspecified atom stereocenters. The summed E-state index contributed by atoms with van der Waals surface area (Å²) < 4.78 is 53.2. The van der Waals surface area contributed by atoms with Crippen LogP contribution in [0.4, 0.5) is 14.5 Å². The fourth-order valence-corrected chi connectivity index (χ4v) is 4.67. The molecule has 2 aromatic rings. The molecule has 0 spiro atoms. The van der Waals surface area contributed by atoms with Gasteiger partial charge in [-0.25, -0.2) is 21.9 Å². The predicted molar refractivity (Wildman–Crippen MR) is 121 cm³/mol. The Labute approximate surface area is 191 Å². The van der Waals surface area contributed by atoms with E-state index in [2.05, 4.69) is 16.6 Å². The molecule has 2 amide bonds. The number of nitrogens with zero attached hydrogens (tertiary/aromatic N) is 1. The van der Waals surface area contributed by atoms with Crippen LogP contribution in [0.1, 0.15) is 28.8 Å². The number of hydrogen-bond donors (Lipinski definition) is 2. The van der Waals surface area contributed by atoms with Crippen molar-refractivity contribution in [3.63, 3.8) is 0 Å². The molecular weight excluding hydrogens is 452 g/mol. The number of anilines is 1. The minimum absolute atomic E-state index is 0.153. The number of carbonyl (C=O) groups excluding carboxylic acids is 2. The minimum Gasteiger partial charge on any atom is -0.339 e. The molecule has 10 heteroatoms. The molecule has 0 radical (unpaired) electrons. The number of likely N-dealkylation sites (tertiary alicyclic amines) is 1. The Morgan fingerprint density at radius 1 is 1.09 bits per heavy atom. The molecule has 0 atom stereocenters. The zero-order valence-corrected chi connectivity index (χ0v) is 18.7. The second-order valence-electron chi connectivity index (χ2n) is 7.77. The van der Waals surface area contributed by atoms with Gasteiger partial charge in [-0.2, -0.15) is 0 Å². The van der Waals surface area contributed by atoms with Gasteiger partial charge in [0.2, 0.25) is 15.9 Å². The maximum atomic E-state index is 13.9. The van der Waals surface area contributed by atoms with Gasteiger partial charge in [-0.05, 0) is 42.7 Å². The Morgan fingerprint density at radius 2 is 1.76 bits per heavy atom. The van der Waals surface area contributed by atoms with Gasteiger partial charge in [0.25, 0.3) is 5.91 Å². The van der Waals surface area contributed by atoms with E-state index in [-0.39, 0.29) is 42.8 Å². The van der Waals surface area contributed by atoms with Crippen molar-refractivity contribution in [3.05, 3.63) is 77.9 Å². The summed E-state index contributed by atoms with van der Waals surface area (Å²) in [5, 5.41) is 2.80. The summed E-state index contributed by atoms with van der Waals surface area (Å²) in [7, 11) is -3.47. The van der Waals surface area contributed by atoms with E-state index in [0.29, 0.717) is 30.2 Å². The summed E-state index contributed by atoms with van der Waals surface area (Å²) in [6, 6.07) is 9.35. The average molecular weight is 478 g/mol. The number of rotatable bonds is 8. The van der Waals surface area contributed by atoms with Crippen molar-refractivity contribution in [1.29, 1.82) is 0 Å². The van der Waals surface area contributed by atoms with Gasteiger partial charge in [0.15, 0.2) is 0 Å². The molecule has 3 rings (SSSR count). The van der Waals surface area contributed by atoms with Crippen LogP contribution in [0.5, 0.6) is 0 Å². The van der Waals surface area contributed by atoms with Crippen molar-refractivity contribution in [2.75, 3.05) is 25.0 Å². The molecule has 2 N–H and O–H groups in total. The van der Waals surface area contributed by atoms with E-state index < -0.39 is 27.6 Å². The maximum absolute atomic E-state index is 13.9. The first-order valence-electron chi connectivity index (χ1n) is 10.4. The van der Waals surface area contributed by atoms with Crippen molar-refractivity contribution in [1.82, 2.24) is 9.62 Å². The number of halogens is 2. The van der Waals surface area contributed by atoms with E-state index in [1.165, 1.54) is 11.0 Å². The number of piperidine rings is 1. The fourth-order valence-electron chi connectivity index (χ4n) is 3.56. The number of nitrogens with one attached hydrogen (secondary N) is 2. The highest BCUT2D eigenvalue weighted by molar-refractivity contribution is 7.88. The van der Waals surface area contributed by atoms with E-state index in [1.54, 1.807) is 24.3 Å². The van der Waals surface area contributed by atoms with Crippen LogP contribution >= 0.6 is 0 Å². The molecule has 0 saturated carbocycles. The molecule has 0 aliphatic carbocycles. The van der Waals surface area contributed by atoms with Gasteiger partial charge in [-0.1, -0.05) is 18.2 Å². The van der Waals surface area contributed by atoms with Crippen LogP contribution in [0.15, 0.2) is 55.1 Å². The predicted octanol–water partition coefficient (Wildman–Crippen LogP) is 3.06. The van der Waals surface area contributed by atoms with Crippen LogP contribution < -0.4 is 10.0 Å². The number of sulfonamides is 1. The summed E-state index contributed by atoms with van der Waals surface area (Å²) in [4.78, 5) is 26.6. The second kappa shape index (κ2) is 10.7. The van der Waals surface area contributed by atoms with Crippen molar-refractivity contribution < 1.29 is 26.8 Å². The highest BCUT2D eigenvalue weighted by atomic mass is 32.2. The lowest BCUT2D eigenvalue weighted by Crippen LogP contribution is -2.41. The molecule has 0 aromatic heterocycles. The molecule has 1 fully saturated rings. The third-order valence-electron chi connectivity index (χ3n) is 5.34. The summed E-state index contributed by atoms with van der Waals surface area (Å²) in [5.74, 6) is -2.90. The van der Waals surface area contributed by atoms with Gasteiger partial charge in [0.1, 0.15) is 11.6 Å². The zero-order chi connectivity index (χ0) is 24.0. The van der Waals surface area contributed by atoms with Crippen molar-refractivity contribution in [2.24, 2.45) is 5.92 Å². The number of hydrogen-bond acceptors (Lipinski definition) is 4. The fraction of sp³-hybridized carbons (Fsp3) is 0.304. The lowest BCUT2D eigenvalue weighted by atomic mass is 9.95. The number of carbonyl (C=O) groups is 2. The van der Waals surface area contributed by atoms with Crippen LogP contribution in [-0.4, -0.2) is 44.8 Å². The third-order valence-corrected chi connectivity index (χ3v) is 6.66. The Kier molecular flexibility index (Phi) is 7.93. The molecular formula is C23H25F2N3O4S. The molecule has 2 aromatic carbocycles. The smallest absolute Gasteiger partial charge is 0.256 e. The second-order valence-corrected chi connectivity index (χ2v) is 9.58. The first-order valence-corrected chi connectivity index (χ1v) is 12.1. The van der Waals surface area contributed by atoms with Crippen LogP contribution in [0.25, 0.3) is 0 Å². The monoisotopic (exact) mass is 477 g/mol. The largest absolute Gasteiger partial charge is 0.339 e. The molecule has 1 aliphatic heterocycles. The average Bonchev–Trinajstić information content (AvgIpc) is 2.78. The Morgan fingerprint density at radius 3 is 2.36 bits per heavy atom. The van der Waals surface area contributed by atoms with E-state index in [1.807, 2.05) is 0 Å². The van der Waals surface area contributed by atoms with Crippen LogP contribution in [0.2, 0.25) is 0 Å². The zero-order valence-electron chi connectivity index (χ0n) is 17.9. The van der Waals surface area contributed by atoms with Crippen molar-refractivity contribution in [3.8, 4) is 0 Å². The Hall–Kier alpha value is -3.11. The molecule has 1 saturated heterocycles. The molecule has 7 nitrogen and oxygen atoms in total. The van der Waals surface area contributed by atoms with Crippen LogP contribution in [0, 0.1) is 17.6 Å². The quantitative estimate of drug-likeness (QED) is 0.572. The SMILES string of the molecule is C=CCNS(=O)(=O)Cc1ccc(NC(=O)C2CCN(C(=O)c3ccc(F)cc3F)CC2)cc1. The van der Waals surface area contributed by atoms with Gasteiger partial charge in [-0.3, -0.25) is 9.59 Å². The standard InChI is InChI=1S/C23H25F2N3O4S/c1-2-11-26-33(31,32)15-16-3-6-19(7-4-16)27-22(29)17-9-12-28(13-10-17)23(30)20-8-5-18(24)14-21(20)25/h2-8,14,17,26H,1,9-13,15H2,(H,27,29). The normalized spacial score (nSPS) is 14.7. The van der Waals surface area contributed by atoms with E-state index in [4.69, 9.17) is 0 Å². The Balaban J connectivity index is 1.52. The van der Waals surface area contributed by atoms with Gasteiger partial charge in [-0.15, -0.1) is 6.58 Å². The summed E-state index contributed by atoms with van der Waals surface area (Å²) in [5.41, 5.74) is 0.914. The van der Waals surface area contributed by atoms with Gasteiger partial charge in [0.05, 0.1) is 11.3 Å². The lowest BCUT2D eigenvalue weighted by molar-refractivity contribution is -0.121. The summed E-state index contributed by atoms with van der Waals surface area (Å²) >= 11 is 0. The van der Waals surface area contributed by atoms with Gasteiger partial charge >= 0.3 is 0 Å². The van der Waals surface area contributed by atoms with Gasteiger partial charge < -0.3 is 10.2 Å². The third kappa shape index (κ3) is 6.69. The molecule has 0 bridgehead atoms.